The lowest BCUT2D eigenvalue weighted by molar-refractivity contribution is -0.125. The molecule has 0 saturated heterocycles. The van der Waals surface area contributed by atoms with Crippen LogP contribution in [0.25, 0.3) is 0 Å². The summed E-state index contributed by atoms with van der Waals surface area (Å²) in [6.45, 7) is 4.22. The van der Waals surface area contributed by atoms with Crippen LogP contribution >= 0.6 is 11.6 Å². The van der Waals surface area contributed by atoms with Crippen molar-refractivity contribution in [1.29, 1.82) is 0 Å². The van der Waals surface area contributed by atoms with Crippen molar-refractivity contribution < 1.29 is 19.1 Å². The zero-order valence-electron chi connectivity index (χ0n) is 20.4. The van der Waals surface area contributed by atoms with Crippen LogP contribution in [-0.2, 0) is 22.6 Å². The number of aldehydes is 1. The molecule has 0 aliphatic carbocycles. The van der Waals surface area contributed by atoms with Crippen LogP contribution in [0, 0.1) is 5.92 Å². The Morgan fingerprint density at radius 3 is 2.17 bits per heavy atom. The van der Waals surface area contributed by atoms with Gasteiger partial charge in [0.15, 0.2) is 0 Å². The van der Waals surface area contributed by atoms with E-state index < -0.39 is 23.9 Å². The maximum Gasteiger partial charge on any atom is 0.255 e. The van der Waals surface area contributed by atoms with E-state index in [4.69, 9.17) is 16.3 Å². The fraction of sp³-hybridized carbons (Fsp3) is 0.276. The standard InChI is InChI=1S/C29H31ClN2O4/c1-20(2)15-24(18-33)31-29(35)26(16-21-9-5-3-6-10-21)32-28(34)25-17-23(30)13-14-27(25)36-19-22-11-7-4-8-12-22/h3-14,17-18,20,24,26H,15-16,19H2,1-2H3,(H,31,35)(H,32,34)/t24?,26-/m0/s1. The van der Waals surface area contributed by atoms with Gasteiger partial charge in [-0.05, 0) is 41.7 Å². The van der Waals surface area contributed by atoms with Crippen molar-refractivity contribution in [2.24, 2.45) is 5.92 Å². The van der Waals surface area contributed by atoms with E-state index in [1.807, 2.05) is 74.5 Å². The molecule has 6 nitrogen and oxygen atoms in total. The Balaban J connectivity index is 1.81. The molecule has 2 amide bonds. The number of carbonyl (C=O) groups is 3. The lowest BCUT2D eigenvalue weighted by Gasteiger charge is -2.22. The number of benzene rings is 3. The molecule has 0 fully saturated rings. The summed E-state index contributed by atoms with van der Waals surface area (Å²) in [4.78, 5) is 38.1. The minimum atomic E-state index is -0.907. The molecule has 188 valence electrons. The highest BCUT2D eigenvalue weighted by Gasteiger charge is 2.26. The van der Waals surface area contributed by atoms with Crippen molar-refractivity contribution in [2.75, 3.05) is 0 Å². The molecule has 0 saturated carbocycles. The van der Waals surface area contributed by atoms with Crippen LogP contribution in [0.15, 0.2) is 78.9 Å². The summed E-state index contributed by atoms with van der Waals surface area (Å²) in [6.07, 6.45) is 1.49. The normalized spacial score (nSPS) is 12.4. The first-order valence-electron chi connectivity index (χ1n) is 11.9. The molecular formula is C29H31ClN2O4. The van der Waals surface area contributed by atoms with Gasteiger partial charge in [-0.2, -0.15) is 0 Å². The predicted octanol–water partition coefficient (Wildman–Crippen LogP) is 4.99. The zero-order chi connectivity index (χ0) is 25.9. The van der Waals surface area contributed by atoms with Crippen molar-refractivity contribution >= 4 is 29.7 Å². The first-order valence-corrected chi connectivity index (χ1v) is 12.3. The van der Waals surface area contributed by atoms with Crippen LogP contribution in [0.2, 0.25) is 5.02 Å². The number of hydrogen-bond acceptors (Lipinski definition) is 4. The minimum Gasteiger partial charge on any atom is -0.488 e. The number of ether oxygens (including phenoxy) is 1. The Labute approximate surface area is 217 Å². The van der Waals surface area contributed by atoms with Crippen LogP contribution in [-0.4, -0.2) is 30.2 Å². The summed E-state index contributed by atoms with van der Waals surface area (Å²) in [5, 5.41) is 5.96. The molecule has 0 heterocycles. The Kier molecular flexibility index (Phi) is 10.1. The van der Waals surface area contributed by atoms with Crippen LogP contribution < -0.4 is 15.4 Å². The first kappa shape index (κ1) is 27.0. The predicted molar refractivity (Wildman–Crippen MR) is 141 cm³/mol. The Morgan fingerprint density at radius 1 is 0.917 bits per heavy atom. The van der Waals surface area contributed by atoms with Crippen molar-refractivity contribution in [3.05, 3.63) is 101 Å². The van der Waals surface area contributed by atoms with Crippen molar-refractivity contribution in [3.8, 4) is 5.75 Å². The van der Waals surface area contributed by atoms with Gasteiger partial charge in [-0.1, -0.05) is 86.1 Å². The molecule has 3 rings (SSSR count). The summed E-state index contributed by atoms with van der Waals surface area (Å²) >= 11 is 6.19. The molecule has 7 heteroatoms. The second kappa shape index (κ2) is 13.4. The number of nitrogens with one attached hydrogen (secondary N) is 2. The van der Waals surface area contributed by atoms with Crippen LogP contribution in [0.3, 0.4) is 0 Å². The van der Waals surface area contributed by atoms with Crippen LogP contribution in [0.5, 0.6) is 5.75 Å². The van der Waals surface area contributed by atoms with E-state index in [1.54, 1.807) is 12.1 Å². The van der Waals surface area contributed by atoms with Crippen molar-refractivity contribution in [2.45, 2.75) is 45.4 Å². The third-order valence-corrected chi connectivity index (χ3v) is 5.78. The molecular weight excluding hydrogens is 476 g/mol. The molecule has 36 heavy (non-hydrogen) atoms. The van der Waals surface area contributed by atoms with Crippen molar-refractivity contribution in [1.82, 2.24) is 10.6 Å². The van der Waals surface area contributed by atoms with Gasteiger partial charge in [0.1, 0.15) is 24.7 Å². The second-order valence-electron chi connectivity index (χ2n) is 9.01. The average Bonchev–Trinajstić information content (AvgIpc) is 2.88. The van der Waals surface area contributed by atoms with Gasteiger partial charge in [0.2, 0.25) is 5.91 Å². The number of carbonyl (C=O) groups excluding carboxylic acids is 3. The maximum absolute atomic E-state index is 13.4. The summed E-state index contributed by atoms with van der Waals surface area (Å²) in [6, 6.07) is 22.2. The Hall–Kier alpha value is -3.64. The summed E-state index contributed by atoms with van der Waals surface area (Å²) in [7, 11) is 0. The zero-order valence-corrected chi connectivity index (χ0v) is 21.2. The van der Waals surface area contributed by atoms with E-state index >= 15 is 0 Å². The van der Waals surface area contributed by atoms with Gasteiger partial charge < -0.3 is 20.2 Å². The van der Waals surface area contributed by atoms with Gasteiger partial charge in [-0.3, -0.25) is 9.59 Å². The van der Waals surface area contributed by atoms with Gasteiger partial charge in [0.25, 0.3) is 5.91 Å². The number of rotatable bonds is 12. The molecule has 0 aliphatic heterocycles. The Morgan fingerprint density at radius 2 is 1.56 bits per heavy atom. The van der Waals surface area contributed by atoms with Gasteiger partial charge in [-0.25, -0.2) is 0 Å². The van der Waals surface area contributed by atoms with E-state index in [0.717, 1.165) is 17.4 Å². The highest BCUT2D eigenvalue weighted by atomic mass is 35.5. The summed E-state index contributed by atoms with van der Waals surface area (Å²) < 4.78 is 5.92. The molecule has 2 N–H and O–H groups in total. The third-order valence-electron chi connectivity index (χ3n) is 5.55. The molecule has 3 aromatic rings. The quantitative estimate of drug-likeness (QED) is 0.339. The second-order valence-corrected chi connectivity index (χ2v) is 9.45. The monoisotopic (exact) mass is 506 g/mol. The lowest BCUT2D eigenvalue weighted by Crippen LogP contribution is -2.51. The smallest absolute Gasteiger partial charge is 0.255 e. The fourth-order valence-corrected chi connectivity index (χ4v) is 3.95. The molecule has 0 radical (unpaired) electrons. The Bertz CT molecular complexity index is 1150. The minimum absolute atomic E-state index is 0.221. The topological polar surface area (TPSA) is 84.5 Å². The van der Waals surface area contributed by atoms with E-state index in [0.29, 0.717) is 17.2 Å². The molecule has 3 aromatic carbocycles. The lowest BCUT2D eigenvalue weighted by atomic mass is 10.0. The van der Waals surface area contributed by atoms with Gasteiger partial charge in [-0.15, -0.1) is 0 Å². The van der Waals surface area contributed by atoms with Gasteiger partial charge in [0, 0.05) is 11.4 Å². The largest absolute Gasteiger partial charge is 0.488 e. The number of halogens is 1. The molecule has 0 bridgehead atoms. The molecule has 1 unspecified atom stereocenters. The summed E-state index contributed by atoms with van der Waals surface area (Å²) in [5.41, 5.74) is 2.04. The molecule has 0 aromatic heterocycles. The van der Waals surface area contributed by atoms with Crippen molar-refractivity contribution in [3.63, 3.8) is 0 Å². The van der Waals surface area contributed by atoms with Crippen LogP contribution in [0.1, 0.15) is 41.8 Å². The van der Waals surface area contributed by atoms with Gasteiger partial charge >= 0.3 is 0 Å². The van der Waals surface area contributed by atoms with E-state index in [1.165, 1.54) is 6.07 Å². The molecule has 0 aliphatic rings. The fourth-order valence-electron chi connectivity index (χ4n) is 3.78. The molecule has 0 spiro atoms. The maximum atomic E-state index is 13.4. The van der Waals surface area contributed by atoms with E-state index in [2.05, 4.69) is 10.6 Å². The highest BCUT2D eigenvalue weighted by Crippen LogP contribution is 2.24. The molecule has 2 atom stereocenters. The number of amides is 2. The first-order chi connectivity index (χ1) is 17.4. The number of hydrogen-bond donors (Lipinski definition) is 2. The highest BCUT2D eigenvalue weighted by molar-refractivity contribution is 6.31. The third kappa shape index (κ3) is 8.24. The van der Waals surface area contributed by atoms with E-state index in [-0.39, 0.29) is 24.5 Å². The van der Waals surface area contributed by atoms with E-state index in [9.17, 15) is 14.4 Å². The summed E-state index contributed by atoms with van der Waals surface area (Å²) in [5.74, 6) is -0.356. The van der Waals surface area contributed by atoms with Gasteiger partial charge in [0.05, 0.1) is 11.6 Å². The SMILES string of the molecule is CC(C)CC(C=O)NC(=O)[C@H](Cc1ccccc1)NC(=O)c1cc(Cl)ccc1OCc1ccccc1. The van der Waals surface area contributed by atoms with Crippen LogP contribution in [0.4, 0.5) is 0 Å². The average molecular weight is 507 g/mol.